The van der Waals surface area contributed by atoms with E-state index < -0.39 is 0 Å². The Morgan fingerprint density at radius 2 is 1.92 bits per heavy atom. The third-order valence-corrected chi connectivity index (χ3v) is 4.85. The molecular weight excluding hydrogens is 320 g/mol. The molecule has 24 heavy (non-hydrogen) atoms. The Balaban J connectivity index is 0.00000208. The van der Waals surface area contributed by atoms with Gasteiger partial charge in [-0.2, -0.15) is 0 Å². The first kappa shape index (κ1) is 18.7. The third kappa shape index (κ3) is 4.26. The van der Waals surface area contributed by atoms with Crippen LogP contribution in [0.1, 0.15) is 19.4 Å². The molecule has 4 nitrogen and oxygen atoms in total. The van der Waals surface area contributed by atoms with Crippen molar-refractivity contribution in [2.24, 2.45) is 0 Å². The molecule has 1 aromatic carbocycles. The Labute approximate surface area is 151 Å². The molecule has 1 N–H and O–H groups in total. The van der Waals surface area contributed by atoms with Gasteiger partial charge in [0.05, 0.1) is 0 Å². The van der Waals surface area contributed by atoms with E-state index in [9.17, 15) is 0 Å². The lowest BCUT2D eigenvalue weighted by molar-refractivity contribution is 0.130. The zero-order chi connectivity index (χ0) is 16.2. The average molecular weight is 347 g/mol. The van der Waals surface area contributed by atoms with Crippen LogP contribution in [0.25, 0.3) is 0 Å². The number of rotatable bonds is 4. The molecule has 0 amide bonds. The van der Waals surface area contributed by atoms with Crippen molar-refractivity contribution in [2.45, 2.75) is 32.5 Å². The molecule has 130 valence electrons. The fourth-order valence-electron chi connectivity index (χ4n) is 3.08. The summed E-state index contributed by atoms with van der Waals surface area (Å²) in [7, 11) is 2.05. The number of hydrogen-bond acceptors (Lipinski definition) is 4. The third-order valence-electron chi connectivity index (χ3n) is 4.85. The van der Waals surface area contributed by atoms with E-state index in [1.165, 1.54) is 5.56 Å². The van der Waals surface area contributed by atoms with Crippen molar-refractivity contribution in [1.82, 2.24) is 15.2 Å². The number of halogens is 1. The largest absolute Gasteiger partial charge is 0.329 e. The molecule has 0 aliphatic carbocycles. The van der Waals surface area contributed by atoms with E-state index in [1.54, 1.807) is 0 Å². The van der Waals surface area contributed by atoms with E-state index in [4.69, 9.17) is 0 Å². The normalized spacial score (nSPS) is 21.1. The van der Waals surface area contributed by atoms with Crippen molar-refractivity contribution in [3.8, 4) is 0 Å². The Kier molecular flexibility index (Phi) is 6.60. The van der Waals surface area contributed by atoms with Gasteiger partial charge in [0, 0.05) is 50.6 Å². The highest BCUT2D eigenvalue weighted by atomic mass is 35.5. The zero-order valence-electron chi connectivity index (χ0n) is 14.6. The molecule has 1 saturated heterocycles. The van der Waals surface area contributed by atoms with E-state index in [2.05, 4.69) is 65.3 Å². The van der Waals surface area contributed by atoms with Gasteiger partial charge in [0.25, 0.3) is 0 Å². The molecule has 0 spiro atoms. The van der Waals surface area contributed by atoms with E-state index in [0.717, 1.165) is 31.1 Å². The number of piperazine rings is 1. The maximum Gasteiger partial charge on any atom is 0.132 e. The maximum absolute atomic E-state index is 4.65. The molecule has 2 atom stereocenters. The summed E-state index contributed by atoms with van der Waals surface area (Å²) in [6, 6.07) is 15.7. The van der Waals surface area contributed by atoms with E-state index in [-0.39, 0.29) is 12.4 Å². The second kappa shape index (κ2) is 8.47. The van der Waals surface area contributed by atoms with Gasteiger partial charge in [-0.25, -0.2) is 4.98 Å². The van der Waals surface area contributed by atoms with Gasteiger partial charge in [-0.15, -0.1) is 12.4 Å². The van der Waals surface area contributed by atoms with Crippen molar-refractivity contribution in [2.75, 3.05) is 25.0 Å². The summed E-state index contributed by atoms with van der Waals surface area (Å²) in [4.78, 5) is 9.29. The second-order valence-corrected chi connectivity index (χ2v) is 6.37. The quantitative estimate of drug-likeness (QED) is 0.918. The highest BCUT2D eigenvalue weighted by Gasteiger charge is 2.24. The first-order valence-corrected chi connectivity index (χ1v) is 8.36. The molecule has 5 heteroatoms. The number of hydrogen-bond donors (Lipinski definition) is 1. The fourth-order valence-corrected chi connectivity index (χ4v) is 3.08. The van der Waals surface area contributed by atoms with Gasteiger partial charge < -0.3 is 10.2 Å². The average Bonchev–Trinajstić information content (AvgIpc) is 2.60. The lowest BCUT2D eigenvalue weighted by atomic mass is 10.1. The van der Waals surface area contributed by atoms with Crippen molar-refractivity contribution in [1.29, 1.82) is 0 Å². The van der Waals surface area contributed by atoms with Gasteiger partial charge in [0.2, 0.25) is 0 Å². The molecule has 1 fully saturated rings. The van der Waals surface area contributed by atoms with E-state index in [1.807, 2.05) is 24.4 Å². The molecule has 2 unspecified atom stereocenters. The first-order chi connectivity index (χ1) is 11.1. The van der Waals surface area contributed by atoms with Gasteiger partial charge >= 0.3 is 0 Å². The van der Waals surface area contributed by atoms with E-state index in [0.29, 0.717) is 12.1 Å². The van der Waals surface area contributed by atoms with Crippen LogP contribution in [0, 0.1) is 0 Å². The summed E-state index contributed by atoms with van der Waals surface area (Å²) in [5.41, 5.74) is 2.42. The maximum atomic E-state index is 4.65. The number of benzene rings is 1. The van der Waals surface area contributed by atoms with Gasteiger partial charge in [-0.1, -0.05) is 24.3 Å². The molecule has 1 aliphatic heterocycles. The van der Waals surface area contributed by atoms with Crippen LogP contribution in [-0.2, 0) is 6.54 Å². The van der Waals surface area contributed by atoms with Crippen molar-refractivity contribution < 1.29 is 0 Å². The van der Waals surface area contributed by atoms with Gasteiger partial charge in [0.15, 0.2) is 0 Å². The minimum Gasteiger partial charge on any atom is -0.329 e. The number of anilines is 2. The number of pyridine rings is 1. The summed E-state index contributed by atoms with van der Waals surface area (Å²) in [6.45, 7) is 7.68. The first-order valence-electron chi connectivity index (χ1n) is 8.36. The van der Waals surface area contributed by atoms with Crippen LogP contribution in [0.2, 0.25) is 0 Å². The molecule has 0 saturated carbocycles. The molecule has 2 aromatic rings. The lowest BCUT2D eigenvalue weighted by Crippen LogP contribution is -2.54. The van der Waals surface area contributed by atoms with Crippen molar-refractivity contribution in [3.05, 3.63) is 54.2 Å². The van der Waals surface area contributed by atoms with Crippen molar-refractivity contribution >= 4 is 23.9 Å². The second-order valence-electron chi connectivity index (χ2n) is 6.37. The Morgan fingerprint density at radius 1 is 1.17 bits per heavy atom. The minimum atomic E-state index is 0. The number of para-hydroxylation sites is 1. The summed E-state index contributed by atoms with van der Waals surface area (Å²) in [6.07, 6.45) is 2.01. The molecule has 3 rings (SSSR count). The Hall–Kier alpha value is -1.62. The van der Waals surface area contributed by atoms with Gasteiger partial charge in [-0.3, -0.25) is 4.90 Å². The summed E-state index contributed by atoms with van der Waals surface area (Å²) < 4.78 is 0. The summed E-state index contributed by atoms with van der Waals surface area (Å²) in [5, 5.41) is 3.53. The SMILES string of the molecule is CC1NCCN(Cc2ccc(N(C)c3ccccc3)nc2)C1C.Cl. The predicted molar refractivity (Wildman–Crippen MR) is 103 cm³/mol. The fraction of sp³-hybridized carbons (Fsp3) is 0.421. The Morgan fingerprint density at radius 3 is 2.58 bits per heavy atom. The Bertz CT molecular complexity index is 617. The lowest BCUT2D eigenvalue weighted by Gasteiger charge is -2.38. The number of nitrogens with zero attached hydrogens (tertiary/aromatic N) is 3. The topological polar surface area (TPSA) is 31.4 Å². The molecule has 0 bridgehead atoms. The molecular formula is C19H27ClN4. The van der Waals surface area contributed by atoms with Crippen molar-refractivity contribution in [3.63, 3.8) is 0 Å². The number of nitrogens with one attached hydrogen (secondary N) is 1. The molecule has 1 aromatic heterocycles. The minimum absolute atomic E-state index is 0. The van der Waals surface area contributed by atoms with E-state index >= 15 is 0 Å². The van der Waals surface area contributed by atoms with Crippen LogP contribution >= 0.6 is 12.4 Å². The number of aromatic nitrogens is 1. The van der Waals surface area contributed by atoms with Crippen LogP contribution in [0.5, 0.6) is 0 Å². The standard InChI is InChI=1S/C19H26N4.ClH/c1-15-16(2)23(12-11-20-15)14-17-9-10-19(21-13-17)22(3)18-7-5-4-6-8-18;/h4-10,13,15-16,20H,11-12,14H2,1-3H3;1H. The smallest absolute Gasteiger partial charge is 0.132 e. The van der Waals surface area contributed by atoms with Crippen LogP contribution < -0.4 is 10.2 Å². The van der Waals surface area contributed by atoms with Crippen LogP contribution in [0.4, 0.5) is 11.5 Å². The monoisotopic (exact) mass is 346 g/mol. The molecule has 1 aliphatic rings. The molecule has 0 radical (unpaired) electrons. The zero-order valence-corrected chi connectivity index (χ0v) is 15.5. The van der Waals surface area contributed by atoms with Crippen LogP contribution in [0.15, 0.2) is 48.7 Å². The summed E-state index contributed by atoms with van der Waals surface area (Å²) in [5.74, 6) is 0.974. The van der Waals surface area contributed by atoms with Gasteiger partial charge in [0.1, 0.15) is 5.82 Å². The highest BCUT2D eigenvalue weighted by molar-refractivity contribution is 5.85. The summed E-state index contributed by atoms with van der Waals surface area (Å²) >= 11 is 0. The van der Waals surface area contributed by atoms with Crippen LogP contribution in [0.3, 0.4) is 0 Å². The van der Waals surface area contributed by atoms with Crippen LogP contribution in [-0.4, -0.2) is 42.1 Å². The predicted octanol–water partition coefficient (Wildman–Crippen LogP) is 3.45. The highest BCUT2D eigenvalue weighted by Crippen LogP contribution is 2.21. The molecule has 2 heterocycles. The van der Waals surface area contributed by atoms with Gasteiger partial charge in [-0.05, 0) is 37.6 Å².